The van der Waals surface area contributed by atoms with E-state index in [9.17, 15) is 4.79 Å². The highest BCUT2D eigenvalue weighted by Crippen LogP contribution is 2.34. The second-order valence-electron chi connectivity index (χ2n) is 6.05. The Bertz CT molecular complexity index is 702. The summed E-state index contributed by atoms with van der Waals surface area (Å²) in [6, 6.07) is 4.26. The van der Waals surface area contributed by atoms with Gasteiger partial charge < -0.3 is 9.80 Å². The van der Waals surface area contributed by atoms with Crippen LogP contribution < -0.4 is 4.90 Å². The Morgan fingerprint density at radius 2 is 1.91 bits per heavy atom. The van der Waals surface area contributed by atoms with Crippen LogP contribution in [0, 0.1) is 0 Å². The molecule has 0 bridgehead atoms. The van der Waals surface area contributed by atoms with Crippen molar-refractivity contribution in [2.75, 3.05) is 31.1 Å². The molecule has 0 radical (unpaired) electrons. The van der Waals surface area contributed by atoms with Crippen molar-refractivity contribution < 1.29 is 4.79 Å². The smallest absolute Gasteiger partial charge is 0.257 e. The Labute approximate surface area is 139 Å². The zero-order chi connectivity index (χ0) is 15.8. The summed E-state index contributed by atoms with van der Waals surface area (Å²) in [5.74, 6) is 0.976. The summed E-state index contributed by atoms with van der Waals surface area (Å²) in [6.07, 6.45) is 7.56. The first-order chi connectivity index (χ1) is 11.2. The summed E-state index contributed by atoms with van der Waals surface area (Å²) in [5.41, 5.74) is 0.690. The maximum atomic E-state index is 12.6. The highest BCUT2D eigenvalue weighted by atomic mass is 35.5. The summed E-state index contributed by atoms with van der Waals surface area (Å²) in [6.45, 7) is 2.93. The minimum absolute atomic E-state index is 0.0700. The highest BCUT2D eigenvalue weighted by Gasteiger charge is 2.27. The average Bonchev–Trinajstić information content (AvgIpc) is 3.32. The Balaban J connectivity index is 1.38. The van der Waals surface area contributed by atoms with Crippen LogP contribution in [-0.2, 0) is 0 Å². The predicted octanol–water partition coefficient (Wildman–Crippen LogP) is 2.23. The van der Waals surface area contributed by atoms with E-state index in [1.807, 2.05) is 27.9 Å². The van der Waals surface area contributed by atoms with Gasteiger partial charge in [0.1, 0.15) is 5.82 Å². The van der Waals surface area contributed by atoms with Crippen molar-refractivity contribution in [1.82, 2.24) is 19.7 Å². The lowest BCUT2D eigenvalue weighted by molar-refractivity contribution is 0.0746. The van der Waals surface area contributed by atoms with Gasteiger partial charge >= 0.3 is 0 Å². The first-order valence-electron chi connectivity index (χ1n) is 7.90. The maximum absolute atomic E-state index is 12.6. The fraction of sp³-hybridized carbons (Fsp3) is 0.438. The fourth-order valence-electron chi connectivity index (χ4n) is 2.86. The largest absolute Gasteiger partial charge is 0.353 e. The molecule has 0 N–H and O–H groups in total. The molecule has 120 valence electrons. The van der Waals surface area contributed by atoms with Crippen molar-refractivity contribution >= 4 is 23.3 Å². The number of piperazine rings is 1. The lowest BCUT2D eigenvalue weighted by Crippen LogP contribution is -2.49. The molecular formula is C16H18ClN5O. The van der Waals surface area contributed by atoms with Crippen molar-refractivity contribution in [3.05, 3.63) is 41.3 Å². The molecule has 0 unspecified atom stereocenters. The third-order valence-electron chi connectivity index (χ3n) is 4.37. The molecule has 2 aromatic heterocycles. The minimum atomic E-state index is 0.0700. The lowest BCUT2D eigenvalue weighted by atomic mass is 10.2. The van der Waals surface area contributed by atoms with Gasteiger partial charge in [0.25, 0.3) is 5.91 Å². The number of anilines is 1. The zero-order valence-electron chi connectivity index (χ0n) is 12.7. The normalized spacial score (nSPS) is 18.3. The van der Waals surface area contributed by atoms with Crippen LogP contribution in [-0.4, -0.2) is 51.8 Å². The second kappa shape index (κ2) is 5.85. The van der Waals surface area contributed by atoms with Gasteiger partial charge in [-0.05, 0) is 25.0 Å². The molecule has 3 heterocycles. The van der Waals surface area contributed by atoms with Crippen molar-refractivity contribution in [2.45, 2.75) is 18.9 Å². The molecule has 2 aromatic rings. The number of hydrogen-bond acceptors (Lipinski definition) is 4. The topological polar surface area (TPSA) is 54.3 Å². The Hall–Kier alpha value is -2.08. The van der Waals surface area contributed by atoms with Gasteiger partial charge in [0.2, 0.25) is 0 Å². The summed E-state index contributed by atoms with van der Waals surface area (Å²) >= 11 is 5.87. The maximum Gasteiger partial charge on any atom is 0.257 e. The molecule has 1 aliphatic carbocycles. The van der Waals surface area contributed by atoms with E-state index in [1.54, 1.807) is 12.4 Å². The number of carbonyl (C=O) groups excluding carboxylic acids is 1. The van der Waals surface area contributed by atoms with E-state index in [2.05, 4.69) is 15.0 Å². The first kappa shape index (κ1) is 14.5. The number of carbonyl (C=O) groups is 1. The van der Waals surface area contributed by atoms with Crippen molar-refractivity contribution in [2.24, 2.45) is 0 Å². The van der Waals surface area contributed by atoms with Crippen molar-refractivity contribution in [3.8, 4) is 0 Å². The SMILES string of the molecule is O=C(c1cnn(C2CC2)c1)N1CCN(c2ccc(Cl)cn2)CC1. The summed E-state index contributed by atoms with van der Waals surface area (Å²) in [7, 11) is 0. The molecule has 2 fully saturated rings. The zero-order valence-corrected chi connectivity index (χ0v) is 13.5. The van der Waals surface area contributed by atoms with Crippen molar-refractivity contribution in [1.29, 1.82) is 0 Å². The van der Waals surface area contributed by atoms with E-state index in [0.29, 0.717) is 29.7 Å². The molecule has 1 saturated carbocycles. The Morgan fingerprint density at radius 3 is 2.57 bits per heavy atom. The number of aromatic nitrogens is 3. The molecule has 0 atom stereocenters. The Morgan fingerprint density at radius 1 is 1.13 bits per heavy atom. The molecule has 4 rings (SSSR count). The number of nitrogens with zero attached hydrogens (tertiary/aromatic N) is 5. The molecular weight excluding hydrogens is 314 g/mol. The van der Waals surface area contributed by atoms with E-state index in [4.69, 9.17) is 11.6 Å². The van der Waals surface area contributed by atoms with Crippen LogP contribution in [0.4, 0.5) is 5.82 Å². The molecule has 6 nitrogen and oxygen atoms in total. The minimum Gasteiger partial charge on any atom is -0.353 e. The summed E-state index contributed by atoms with van der Waals surface area (Å²) in [4.78, 5) is 21.0. The van der Waals surface area contributed by atoms with Crippen molar-refractivity contribution in [3.63, 3.8) is 0 Å². The molecule has 1 amide bonds. The van der Waals surface area contributed by atoms with Crippen LogP contribution in [0.15, 0.2) is 30.7 Å². The number of amides is 1. The van der Waals surface area contributed by atoms with Gasteiger partial charge in [-0.2, -0.15) is 5.10 Å². The van der Waals surface area contributed by atoms with Crippen LogP contribution in [0.1, 0.15) is 29.2 Å². The van der Waals surface area contributed by atoms with Gasteiger partial charge in [0.15, 0.2) is 0 Å². The Kier molecular flexibility index (Phi) is 3.69. The number of hydrogen-bond donors (Lipinski definition) is 0. The highest BCUT2D eigenvalue weighted by molar-refractivity contribution is 6.30. The van der Waals surface area contributed by atoms with Gasteiger partial charge in [-0.25, -0.2) is 4.98 Å². The van der Waals surface area contributed by atoms with Gasteiger partial charge in [-0.15, -0.1) is 0 Å². The van der Waals surface area contributed by atoms with Crippen LogP contribution in [0.3, 0.4) is 0 Å². The quantitative estimate of drug-likeness (QED) is 0.865. The van der Waals surface area contributed by atoms with Crippen LogP contribution in [0.2, 0.25) is 5.02 Å². The van der Waals surface area contributed by atoms with Crippen LogP contribution >= 0.6 is 11.6 Å². The van der Waals surface area contributed by atoms with Gasteiger partial charge in [0.05, 0.1) is 22.8 Å². The van der Waals surface area contributed by atoms with E-state index in [-0.39, 0.29) is 5.91 Å². The third kappa shape index (κ3) is 3.03. The van der Waals surface area contributed by atoms with Gasteiger partial charge in [0, 0.05) is 38.6 Å². The number of halogens is 1. The van der Waals surface area contributed by atoms with Crippen LogP contribution in [0.25, 0.3) is 0 Å². The fourth-order valence-corrected chi connectivity index (χ4v) is 2.98. The molecule has 2 aliphatic rings. The standard InChI is InChI=1S/C16H18ClN5O/c17-13-1-4-15(18-10-13)20-5-7-21(8-6-20)16(23)12-9-19-22(11-12)14-2-3-14/h1,4,9-11,14H,2-3,5-8H2. The molecule has 0 spiro atoms. The first-order valence-corrected chi connectivity index (χ1v) is 8.28. The second-order valence-corrected chi connectivity index (χ2v) is 6.49. The summed E-state index contributed by atoms with van der Waals surface area (Å²) < 4.78 is 1.92. The molecule has 23 heavy (non-hydrogen) atoms. The number of pyridine rings is 1. The molecule has 1 saturated heterocycles. The average molecular weight is 332 g/mol. The van der Waals surface area contributed by atoms with E-state index >= 15 is 0 Å². The van der Waals surface area contributed by atoms with E-state index in [1.165, 1.54) is 12.8 Å². The molecule has 0 aromatic carbocycles. The van der Waals surface area contributed by atoms with Gasteiger partial charge in [-0.1, -0.05) is 11.6 Å². The summed E-state index contributed by atoms with van der Waals surface area (Å²) in [5, 5.41) is 4.94. The number of rotatable bonds is 3. The third-order valence-corrected chi connectivity index (χ3v) is 4.60. The lowest BCUT2D eigenvalue weighted by Gasteiger charge is -2.35. The monoisotopic (exact) mass is 331 g/mol. The predicted molar refractivity (Wildman–Crippen MR) is 87.9 cm³/mol. The molecule has 7 heteroatoms. The van der Waals surface area contributed by atoms with Crippen LogP contribution in [0.5, 0.6) is 0 Å². The van der Waals surface area contributed by atoms with Gasteiger partial charge in [-0.3, -0.25) is 9.48 Å². The van der Waals surface area contributed by atoms with E-state index < -0.39 is 0 Å². The molecule has 1 aliphatic heterocycles. The van der Waals surface area contributed by atoms with E-state index in [0.717, 1.165) is 18.9 Å².